The number of benzene rings is 2. The average Bonchev–Trinajstić information content (AvgIpc) is 2.65. The lowest BCUT2D eigenvalue weighted by Crippen LogP contribution is -2.50. The molecule has 0 unspecified atom stereocenters. The van der Waals surface area contributed by atoms with Crippen LogP contribution in [0.4, 0.5) is 0 Å². The van der Waals surface area contributed by atoms with E-state index in [4.69, 9.17) is 9.47 Å². The molecule has 2 aromatic rings. The summed E-state index contributed by atoms with van der Waals surface area (Å²) in [4.78, 5) is 14.4. The molecule has 0 bridgehead atoms. The van der Waals surface area contributed by atoms with E-state index in [-0.39, 0.29) is 16.9 Å². The number of carbonyl (C=O) groups is 1. The third kappa shape index (κ3) is 4.40. The van der Waals surface area contributed by atoms with E-state index < -0.39 is 22.0 Å². The molecule has 1 aliphatic rings. The number of hydrazine groups is 1. The molecule has 7 nitrogen and oxygen atoms in total. The van der Waals surface area contributed by atoms with Gasteiger partial charge in [0.15, 0.2) is 11.5 Å². The Bertz CT molecular complexity index is 933. The Hall–Kier alpha value is -2.58. The number of fused-ring (bicyclic) bond motifs is 1. The molecule has 1 amide bonds. The van der Waals surface area contributed by atoms with Crippen molar-refractivity contribution < 1.29 is 22.7 Å². The minimum absolute atomic E-state index is 0.00907. The first kappa shape index (κ1) is 19.2. The fourth-order valence-corrected chi connectivity index (χ4v) is 3.39. The van der Waals surface area contributed by atoms with Gasteiger partial charge in [-0.1, -0.05) is 45.0 Å². The molecule has 1 aliphatic heterocycles. The van der Waals surface area contributed by atoms with Gasteiger partial charge < -0.3 is 9.47 Å². The molecule has 0 saturated carbocycles. The van der Waals surface area contributed by atoms with Gasteiger partial charge in [0.25, 0.3) is 15.9 Å². The standard InChI is InChI=1S/C19H22N2O5S/c1-19(2,3)13-8-10-14(11-9-13)27(23,24)21-20-18(22)17-12-25-15-6-4-5-7-16(15)26-17/h4-11,17,21H,12H2,1-3H3,(H,20,22)/t17-/m1/s1. The van der Waals surface area contributed by atoms with E-state index in [1.165, 1.54) is 12.1 Å². The summed E-state index contributed by atoms with van der Waals surface area (Å²) in [6, 6.07) is 13.5. The minimum Gasteiger partial charge on any atom is -0.485 e. The second-order valence-corrected chi connectivity index (χ2v) is 8.92. The quantitative estimate of drug-likeness (QED) is 0.780. The summed E-state index contributed by atoms with van der Waals surface area (Å²) in [7, 11) is -3.90. The topological polar surface area (TPSA) is 93.7 Å². The molecule has 0 fully saturated rings. The summed E-state index contributed by atoms with van der Waals surface area (Å²) >= 11 is 0. The number of hydrogen-bond donors (Lipinski definition) is 2. The molecule has 0 spiro atoms. The molecule has 0 radical (unpaired) electrons. The van der Waals surface area contributed by atoms with Crippen molar-refractivity contribution in [3.63, 3.8) is 0 Å². The molecular weight excluding hydrogens is 368 g/mol. The summed E-state index contributed by atoms with van der Waals surface area (Å²) in [5.41, 5.74) is 3.11. The minimum atomic E-state index is -3.90. The van der Waals surface area contributed by atoms with Crippen LogP contribution in [0.15, 0.2) is 53.4 Å². The average molecular weight is 390 g/mol. The van der Waals surface area contributed by atoms with Gasteiger partial charge in [-0.25, -0.2) is 8.42 Å². The fraction of sp³-hybridized carbons (Fsp3) is 0.316. The van der Waals surface area contributed by atoms with Gasteiger partial charge in [0, 0.05) is 0 Å². The van der Waals surface area contributed by atoms with Crippen LogP contribution in [0, 0.1) is 0 Å². The fourth-order valence-electron chi connectivity index (χ4n) is 2.54. The van der Waals surface area contributed by atoms with E-state index in [1.54, 1.807) is 36.4 Å². The summed E-state index contributed by atoms with van der Waals surface area (Å²) in [6.45, 7) is 6.11. The molecule has 144 valence electrons. The van der Waals surface area contributed by atoms with Crippen LogP contribution < -0.4 is 19.7 Å². The number of hydrogen-bond acceptors (Lipinski definition) is 5. The number of rotatable bonds is 4. The SMILES string of the molecule is CC(C)(C)c1ccc(S(=O)(=O)NNC(=O)[C@H]2COc3ccccc3O2)cc1. The van der Waals surface area contributed by atoms with Crippen LogP contribution in [0.3, 0.4) is 0 Å². The highest BCUT2D eigenvalue weighted by Gasteiger charge is 2.28. The second-order valence-electron chi connectivity index (χ2n) is 7.23. The van der Waals surface area contributed by atoms with Gasteiger partial charge in [-0.2, -0.15) is 0 Å². The molecule has 0 aliphatic carbocycles. The van der Waals surface area contributed by atoms with Gasteiger partial charge in [0.1, 0.15) is 6.61 Å². The van der Waals surface area contributed by atoms with Crippen LogP contribution in [-0.2, 0) is 20.2 Å². The number of nitrogens with one attached hydrogen (secondary N) is 2. The van der Waals surface area contributed by atoms with Crippen molar-refractivity contribution in [3.05, 3.63) is 54.1 Å². The zero-order chi connectivity index (χ0) is 19.7. The van der Waals surface area contributed by atoms with E-state index in [0.29, 0.717) is 11.5 Å². The van der Waals surface area contributed by atoms with Crippen LogP contribution in [0.1, 0.15) is 26.3 Å². The van der Waals surface area contributed by atoms with Crippen LogP contribution in [0.5, 0.6) is 11.5 Å². The Morgan fingerprint density at radius 1 is 1.04 bits per heavy atom. The second kappa shape index (κ2) is 7.21. The van der Waals surface area contributed by atoms with Gasteiger partial charge in [0.2, 0.25) is 6.10 Å². The smallest absolute Gasteiger partial charge is 0.279 e. The lowest BCUT2D eigenvalue weighted by molar-refractivity contribution is -0.130. The molecule has 1 heterocycles. The van der Waals surface area contributed by atoms with E-state index in [1.807, 2.05) is 20.8 Å². The Morgan fingerprint density at radius 2 is 1.67 bits per heavy atom. The zero-order valence-electron chi connectivity index (χ0n) is 15.4. The normalized spacial score (nSPS) is 16.6. The summed E-state index contributed by atoms with van der Waals surface area (Å²) < 4.78 is 35.8. The van der Waals surface area contributed by atoms with Gasteiger partial charge in [0.05, 0.1) is 4.90 Å². The van der Waals surface area contributed by atoms with Crippen molar-refractivity contribution in [1.29, 1.82) is 0 Å². The summed E-state index contributed by atoms with van der Waals surface area (Å²) in [5.74, 6) is 0.338. The lowest BCUT2D eigenvalue weighted by Gasteiger charge is -2.25. The Kier molecular flexibility index (Phi) is 5.12. The lowest BCUT2D eigenvalue weighted by atomic mass is 9.87. The maximum Gasteiger partial charge on any atom is 0.279 e. The van der Waals surface area contributed by atoms with E-state index in [2.05, 4.69) is 10.3 Å². The Morgan fingerprint density at radius 3 is 2.30 bits per heavy atom. The molecule has 1 atom stereocenters. The maximum atomic E-state index is 12.4. The molecule has 2 N–H and O–H groups in total. The largest absolute Gasteiger partial charge is 0.485 e. The van der Waals surface area contributed by atoms with Crippen molar-refractivity contribution in [2.45, 2.75) is 37.2 Å². The Labute approximate surface area is 158 Å². The van der Waals surface area contributed by atoms with Crippen LogP contribution in [0.25, 0.3) is 0 Å². The predicted molar refractivity (Wildman–Crippen MR) is 100.0 cm³/mol. The van der Waals surface area contributed by atoms with Gasteiger partial charge in [-0.3, -0.25) is 10.2 Å². The number of sulfonamides is 1. The number of carbonyl (C=O) groups excluding carboxylic acids is 1. The Balaban J connectivity index is 1.63. The van der Waals surface area contributed by atoms with Crippen molar-refractivity contribution in [2.75, 3.05) is 6.61 Å². The van der Waals surface area contributed by atoms with Gasteiger partial charge in [-0.05, 0) is 35.2 Å². The van der Waals surface area contributed by atoms with Crippen molar-refractivity contribution >= 4 is 15.9 Å². The van der Waals surface area contributed by atoms with Crippen LogP contribution in [0.2, 0.25) is 0 Å². The van der Waals surface area contributed by atoms with Crippen molar-refractivity contribution in [3.8, 4) is 11.5 Å². The molecule has 0 saturated heterocycles. The van der Waals surface area contributed by atoms with Crippen LogP contribution in [-0.4, -0.2) is 27.0 Å². The molecule has 0 aromatic heterocycles. The van der Waals surface area contributed by atoms with Gasteiger partial charge in [-0.15, -0.1) is 4.83 Å². The maximum absolute atomic E-state index is 12.4. The van der Waals surface area contributed by atoms with Crippen molar-refractivity contribution in [2.24, 2.45) is 0 Å². The third-order valence-electron chi connectivity index (χ3n) is 4.14. The monoisotopic (exact) mass is 390 g/mol. The molecule has 3 rings (SSSR count). The first-order chi connectivity index (χ1) is 12.7. The summed E-state index contributed by atoms with van der Waals surface area (Å²) in [5, 5.41) is 0. The molecule has 2 aromatic carbocycles. The number of para-hydroxylation sites is 2. The molecule has 27 heavy (non-hydrogen) atoms. The van der Waals surface area contributed by atoms with E-state index >= 15 is 0 Å². The number of amides is 1. The highest BCUT2D eigenvalue weighted by atomic mass is 32.2. The van der Waals surface area contributed by atoms with E-state index in [9.17, 15) is 13.2 Å². The highest BCUT2D eigenvalue weighted by Crippen LogP contribution is 2.30. The number of ether oxygens (including phenoxy) is 2. The summed E-state index contributed by atoms with van der Waals surface area (Å²) in [6.07, 6.45) is -0.953. The van der Waals surface area contributed by atoms with Crippen LogP contribution >= 0.6 is 0 Å². The molecular formula is C19H22N2O5S. The molecule has 8 heteroatoms. The predicted octanol–water partition coefficient (Wildman–Crippen LogP) is 2.13. The zero-order valence-corrected chi connectivity index (χ0v) is 16.2. The highest BCUT2D eigenvalue weighted by molar-refractivity contribution is 7.89. The first-order valence-electron chi connectivity index (χ1n) is 8.47. The van der Waals surface area contributed by atoms with Gasteiger partial charge >= 0.3 is 0 Å². The van der Waals surface area contributed by atoms with E-state index in [0.717, 1.165) is 5.56 Å². The first-order valence-corrected chi connectivity index (χ1v) is 9.96. The third-order valence-corrected chi connectivity index (χ3v) is 5.40. The van der Waals surface area contributed by atoms with Crippen molar-refractivity contribution in [1.82, 2.24) is 10.3 Å².